The first kappa shape index (κ1) is 15.3. The average molecular weight is 291 g/mol. The molecule has 1 aliphatic heterocycles. The fourth-order valence-corrected chi connectivity index (χ4v) is 2.67. The Hall–Kier alpha value is -2.11. The Labute approximate surface area is 123 Å². The normalized spacial score (nSPS) is 18.1. The molecule has 2 rings (SSSR count). The van der Waals surface area contributed by atoms with Gasteiger partial charge in [0.1, 0.15) is 0 Å². The molecule has 1 aliphatic rings. The minimum atomic E-state index is -0.317. The summed E-state index contributed by atoms with van der Waals surface area (Å²) in [6.07, 6.45) is 0.253. The Bertz CT molecular complexity index is 621. The molecule has 0 saturated carbocycles. The van der Waals surface area contributed by atoms with Gasteiger partial charge in [-0.05, 0) is 32.4 Å². The summed E-state index contributed by atoms with van der Waals surface area (Å²) in [7, 11) is 0. The second-order valence-corrected chi connectivity index (χ2v) is 5.49. The Morgan fingerprint density at radius 3 is 2.71 bits per heavy atom. The van der Waals surface area contributed by atoms with E-state index < -0.39 is 0 Å². The van der Waals surface area contributed by atoms with Gasteiger partial charge in [0.25, 0.3) is 5.56 Å². The molecule has 1 aromatic rings. The van der Waals surface area contributed by atoms with Crippen LogP contribution in [-0.4, -0.2) is 34.8 Å². The number of hydrogen-bond donors (Lipinski definition) is 2. The van der Waals surface area contributed by atoms with E-state index in [2.05, 4.69) is 10.3 Å². The Kier molecular flexibility index (Phi) is 4.45. The number of H-pyrrole nitrogens is 1. The number of aryl methyl sites for hydroxylation is 2. The van der Waals surface area contributed by atoms with Gasteiger partial charge >= 0.3 is 0 Å². The third-order valence-corrected chi connectivity index (χ3v) is 3.90. The van der Waals surface area contributed by atoms with Crippen molar-refractivity contribution in [2.75, 3.05) is 13.1 Å². The molecule has 1 unspecified atom stereocenters. The van der Waals surface area contributed by atoms with Gasteiger partial charge in [0.2, 0.25) is 11.8 Å². The van der Waals surface area contributed by atoms with E-state index in [0.29, 0.717) is 18.7 Å². The first-order valence-electron chi connectivity index (χ1n) is 7.17. The summed E-state index contributed by atoms with van der Waals surface area (Å²) < 4.78 is 0. The largest absolute Gasteiger partial charge is 0.351 e. The molecule has 114 valence electrons. The predicted molar refractivity (Wildman–Crippen MR) is 78.7 cm³/mol. The third-order valence-electron chi connectivity index (χ3n) is 3.90. The van der Waals surface area contributed by atoms with Crippen molar-refractivity contribution in [2.24, 2.45) is 5.92 Å². The van der Waals surface area contributed by atoms with Gasteiger partial charge < -0.3 is 15.2 Å². The Balaban J connectivity index is 2.00. The number of carbonyl (C=O) groups is 2. The number of rotatable bonds is 4. The molecule has 2 heterocycles. The summed E-state index contributed by atoms with van der Waals surface area (Å²) in [5.41, 5.74) is 2.04. The molecule has 2 amide bonds. The van der Waals surface area contributed by atoms with Gasteiger partial charge in [0.05, 0.1) is 5.92 Å². The van der Waals surface area contributed by atoms with E-state index in [-0.39, 0.29) is 36.3 Å². The molecule has 1 aromatic heterocycles. The second kappa shape index (κ2) is 6.11. The fourth-order valence-electron chi connectivity index (χ4n) is 2.67. The van der Waals surface area contributed by atoms with Gasteiger partial charge in [-0.1, -0.05) is 0 Å². The van der Waals surface area contributed by atoms with E-state index in [1.54, 1.807) is 4.90 Å². The van der Waals surface area contributed by atoms with E-state index in [0.717, 1.165) is 11.3 Å². The van der Waals surface area contributed by atoms with Crippen LogP contribution in [0.1, 0.15) is 30.2 Å². The maximum atomic E-state index is 12.1. The topological polar surface area (TPSA) is 82.3 Å². The van der Waals surface area contributed by atoms with Crippen molar-refractivity contribution in [2.45, 2.75) is 33.7 Å². The number of likely N-dealkylation sites (tertiary alicyclic amines) is 1. The molecule has 0 radical (unpaired) electrons. The number of carbonyl (C=O) groups excluding carboxylic acids is 2. The number of nitrogens with one attached hydrogen (secondary N) is 2. The summed E-state index contributed by atoms with van der Waals surface area (Å²) >= 11 is 0. The standard InChI is InChI=1S/C15H21N3O3/c1-4-18-8-11(6-13(18)19)14(20)16-7-12-9(2)5-10(3)17-15(12)21/h5,11H,4,6-8H2,1-3H3,(H,16,20)(H,17,21). The van der Waals surface area contributed by atoms with Crippen molar-refractivity contribution >= 4 is 11.8 Å². The molecule has 0 aromatic carbocycles. The van der Waals surface area contributed by atoms with E-state index in [1.807, 2.05) is 26.8 Å². The Morgan fingerprint density at radius 1 is 1.43 bits per heavy atom. The number of pyridine rings is 1. The number of nitrogens with zero attached hydrogens (tertiary/aromatic N) is 1. The highest BCUT2D eigenvalue weighted by Crippen LogP contribution is 2.17. The molecular weight excluding hydrogens is 270 g/mol. The van der Waals surface area contributed by atoms with Crippen LogP contribution in [-0.2, 0) is 16.1 Å². The van der Waals surface area contributed by atoms with Gasteiger partial charge in [0.15, 0.2) is 0 Å². The maximum Gasteiger partial charge on any atom is 0.253 e. The van der Waals surface area contributed by atoms with Crippen molar-refractivity contribution in [1.29, 1.82) is 0 Å². The average Bonchev–Trinajstić information content (AvgIpc) is 2.78. The summed E-state index contributed by atoms with van der Waals surface area (Å²) in [5.74, 6) is -0.469. The maximum absolute atomic E-state index is 12.1. The van der Waals surface area contributed by atoms with E-state index in [1.165, 1.54) is 0 Å². The molecule has 6 nitrogen and oxygen atoms in total. The smallest absolute Gasteiger partial charge is 0.253 e. The van der Waals surface area contributed by atoms with Gasteiger partial charge in [-0.3, -0.25) is 14.4 Å². The van der Waals surface area contributed by atoms with Crippen molar-refractivity contribution in [3.63, 3.8) is 0 Å². The van der Waals surface area contributed by atoms with E-state index in [9.17, 15) is 14.4 Å². The lowest BCUT2D eigenvalue weighted by Crippen LogP contribution is -2.34. The zero-order valence-corrected chi connectivity index (χ0v) is 12.7. The molecule has 2 N–H and O–H groups in total. The van der Waals surface area contributed by atoms with Gasteiger partial charge in [-0.25, -0.2) is 0 Å². The monoisotopic (exact) mass is 291 g/mol. The highest BCUT2D eigenvalue weighted by Gasteiger charge is 2.33. The van der Waals surface area contributed by atoms with Crippen LogP contribution in [0.25, 0.3) is 0 Å². The molecule has 1 atom stereocenters. The lowest BCUT2D eigenvalue weighted by atomic mass is 10.1. The minimum absolute atomic E-state index is 0.0158. The molecule has 6 heteroatoms. The van der Waals surface area contributed by atoms with Gasteiger partial charge in [-0.15, -0.1) is 0 Å². The van der Waals surface area contributed by atoms with Crippen molar-refractivity contribution < 1.29 is 9.59 Å². The van der Waals surface area contributed by atoms with Crippen LogP contribution in [0.3, 0.4) is 0 Å². The zero-order valence-electron chi connectivity index (χ0n) is 12.7. The van der Waals surface area contributed by atoms with Crippen LogP contribution in [0.4, 0.5) is 0 Å². The summed E-state index contributed by atoms with van der Waals surface area (Å²) in [6, 6.07) is 1.88. The van der Waals surface area contributed by atoms with Crippen LogP contribution >= 0.6 is 0 Å². The molecule has 1 fully saturated rings. The number of hydrogen-bond acceptors (Lipinski definition) is 3. The molecule has 0 spiro atoms. The highest BCUT2D eigenvalue weighted by molar-refractivity contribution is 5.89. The number of aromatic nitrogens is 1. The molecule has 0 bridgehead atoms. The van der Waals surface area contributed by atoms with E-state index >= 15 is 0 Å². The quantitative estimate of drug-likeness (QED) is 0.846. The van der Waals surface area contributed by atoms with Crippen LogP contribution < -0.4 is 10.9 Å². The molecule has 1 saturated heterocycles. The van der Waals surface area contributed by atoms with E-state index in [4.69, 9.17) is 0 Å². The van der Waals surface area contributed by atoms with Crippen LogP contribution in [0.15, 0.2) is 10.9 Å². The molecular formula is C15H21N3O3. The molecule has 0 aliphatic carbocycles. The van der Waals surface area contributed by atoms with Crippen molar-refractivity contribution in [3.05, 3.63) is 33.2 Å². The predicted octanol–water partition coefficient (Wildman–Crippen LogP) is 0.476. The van der Waals surface area contributed by atoms with Crippen molar-refractivity contribution in [3.8, 4) is 0 Å². The van der Waals surface area contributed by atoms with Crippen LogP contribution in [0.5, 0.6) is 0 Å². The van der Waals surface area contributed by atoms with Crippen LogP contribution in [0.2, 0.25) is 0 Å². The highest BCUT2D eigenvalue weighted by atomic mass is 16.2. The lowest BCUT2D eigenvalue weighted by Gasteiger charge is -2.14. The lowest BCUT2D eigenvalue weighted by molar-refractivity contribution is -0.128. The van der Waals surface area contributed by atoms with Gasteiger partial charge in [0, 0.05) is 37.3 Å². The summed E-state index contributed by atoms with van der Waals surface area (Å²) in [6.45, 7) is 6.84. The third kappa shape index (κ3) is 3.32. The number of amides is 2. The Morgan fingerprint density at radius 2 is 2.14 bits per heavy atom. The second-order valence-electron chi connectivity index (χ2n) is 5.49. The van der Waals surface area contributed by atoms with Crippen LogP contribution in [0, 0.1) is 19.8 Å². The first-order chi connectivity index (χ1) is 9.92. The molecule has 21 heavy (non-hydrogen) atoms. The van der Waals surface area contributed by atoms with Gasteiger partial charge in [-0.2, -0.15) is 0 Å². The zero-order chi connectivity index (χ0) is 15.6. The fraction of sp³-hybridized carbons (Fsp3) is 0.533. The summed E-state index contributed by atoms with van der Waals surface area (Å²) in [5, 5.41) is 2.77. The van der Waals surface area contributed by atoms with Crippen molar-refractivity contribution in [1.82, 2.24) is 15.2 Å². The summed E-state index contributed by atoms with van der Waals surface area (Å²) in [4.78, 5) is 40.0. The number of aromatic amines is 1. The minimum Gasteiger partial charge on any atom is -0.351 e. The SMILES string of the molecule is CCN1CC(C(=O)NCc2c(C)cc(C)[nH]c2=O)CC1=O. The first-order valence-corrected chi connectivity index (χ1v) is 7.17.